The van der Waals surface area contributed by atoms with Gasteiger partial charge in [-0.2, -0.15) is 0 Å². The Labute approximate surface area is 211 Å². The maximum Gasteiger partial charge on any atom is 0.236 e. The van der Waals surface area contributed by atoms with Crippen LogP contribution in [-0.4, -0.2) is 143 Å². The van der Waals surface area contributed by atoms with Gasteiger partial charge in [-0.05, 0) is 12.1 Å². The lowest BCUT2D eigenvalue weighted by atomic mass is 10.2. The molecule has 3 saturated heterocycles. The van der Waals surface area contributed by atoms with Gasteiger partial charge in [-0.1, -0.05) is 0 Å². The zero-order chi connectivity index (χ0) is 24.7. The highest BCUT2D eigenvalue weighted by Gasteiger charge is 2.28. The molecule has 0 bridgehead atoms. The number of carbonyl (C=O) groups is 2. The summed E-state index contributed by atoms with van der Waals surface area (Å²) in [5.41, 5.74) is 0. The van der Waals surface area contributed by atoms with E-state index < -0.39 is 0 Å². The minimum atomic E-state index is 0.144. The predicted octanol–water partition coefficient (Wildman–Crippen LogP) is -1.12. The first-order valence-electron chi connectivity index (χ1n) is 12.7. The lowest BCUT2D eigenvalue weighted by molar-refractivity contribution is -0.140. The number of anilines is 2. The zero-order valence-corrected chi connectivity index (χ0v) is 20.7. The van der Waals surface area contributed by atoms with Crippen molar-refractivity contribution in [2.45, 2.75) is 0 Å². The van der Waals surface area contributed by atoms with Gasteiger partial charge in [0, 0.05) is 103 Å². The summed E-state index contributed by atoms with van der Waals surface area (Å²) in [6.45, 7) is 9.74. The Morgan fingerprint density at radius 3 is 1.19 bits per heavy atom. The van der Waals surface area contributed by atoms with Crippen molar-refractivity contribution in [3.05, 3.63) is 36.9 Å². The third-order valence-electron chi connectivity index (χ3n) is 7.12. The minimum absolute atomic E-state index is 0.144. The van der Waals surface area contributed by atoms with Crippen LogP contribution in [0.2, 0.25) is 0 Å². The summed E-state index contributed by atoms with van der Waals surface area (Å²) >= 11 is 0. The molecule has 0 saturated carbocycles. The van der Waals surface area contributed by atoms with Crippen molar-refractivity contribution in [2.75, 3.05) is 101 Å². The van der Waals surface area contributed by atoms with Crippen molar-refractivity contribution in [3.8, 4) is 0 Å². The summed E-state index contributed by atoms with van der Waals surface area (Å²) < 4.78 is 0. The number of hydrogen-bond donors (Lipinski definition) is 0. The Hall–Kier alpha value is -3.38. The molecule has 5 heterocycles. The van der Waals surface area contributed by atoms with Crippen molar-refractivity contribution in [1.29, 1.82) is 0 Å². The smallest absolute Gasteiger partial charge is 0.236 e. The highest BCUT2D eigenvalue weighted by molar-refractivity contribution is 5.80. The third kappa shape index (κ3) is 6.05. The Bertz CT molecular complexity index is 905. The van der Waals surface area contributed by atoms with E-state index in [-0.39, 0.29) is 11.8 Å². The maximum absolute atomic E-state index is 12.9. The van der Waals surface area contributed by atoms with Crippen molar-refractivity contribution in [1.82, 2.24) is 39.5 Å². The van der Waals surface area contributed by atoms with Crippen LogP contribution in [-0.2, 0) is 9.59 Å². The van der Waals surface area contributed by atoms with E-state index in [1.165, 1.54) is 0 Å². The molecule has 3 aliphatic heterocycles. The monoisotopic (exact) mass is 494 g/mol. The molecule has 192 valence electrons. The molecule has 0 aromatic carbocycles. The van der Waals surface area contributed by atoms with Crippen molar-refractivity contribution in [3.63, 3.8) is 0 Å². The number of amides is 2. The van der Waals surface area contributed by atoms with Crippen molar-refractivity contribution >= 4 is 23.7 Å². The Kier molecular flexibility index (Phi) is 7.82. The van der Waals surface area contributed by atoms with Crippen LogP contribution in [0.4, 0.5) is 11.9 Å². The van der Waals surface area contributed by atoms with Crippen LogP contribution >= 0.6 is 0 Å². The SMILES string of the molecule is O=C(CN1CCN(c2ncccn2)CC1)N1CCN(C(=O)CN2CCN(c3ncccn3)CC2)CC1. The van der Waals surface area contributed by atoms with Gasteiger partial charge in [0.1, 0.15) is 0 Å². The van der Waals surface area contributed by atoms with Gasteiger partial charge < -0.3 is 19.6 Å². The second-order valence-corrected chi connectivity index (χ2v) is 9.39. The van der Waals surface area contributed by atoms with Crippen LogP contribution < -0.4 is 9.80 Å². The first-order chi connectivity index (χ1) is 17.7. The van der Waals surface area contributed by atoms with Crippen LogP contribution in [0.3, 0.4) is 0 Å². The number of aromatic nitrogens is 4. The second-order valence-electron chi connectivity index (χ2n) is 9.39. The van der Waals surface area contributed by atoms with Gasteiger partial charge in [0.25, 0.3) is 0 Å². The summed E-state index contributed by atoms with van der Waals surface area (Å²) in [6, 6.07) is 3.63. The Balaban J connectivity index is 0.997. The minimum Gasteiger partial charge on any atom is -0.338 e. The molecule has 3 aliphatic rings. The summed E-state index contributed by atoms with van der Waals surface area (Å²) in [4.78, 5) is 55.5. The Morgan fingerprint density at radius 1 is 0.528 bits per heavy atom. The third-order valence-corrected chi connectivity index (χ3v) is 7.12. The first kappa shape index (κ1) is 24.3. The molecule has 12 nitrogen and oxygen atoms in total. The topological polar surface area (TPSA) is 105 Å². The van der Waals surface area contributed by atoms with Crippen LogP contribution in [0, 0.1) is 0 Å². The molecule has 0 unspecified atom stereocenters. The number of piperazine rings is 3. The molecule has 0 atom stereocenters. The van der Waals surface area contributed by atoms with E-state index in [1.807, 2.05) is 21.9 Å². The van der Waals surface area contributed by atoms with Crippen LogP contribution in [0.5, 0.6) is 0 Å². The highest BCUT2D eigenvalue weighted by atomic mass is 16.2. The molecule has 2 aromatic rings. The lowest BCUT2D eigenvalue weighted by Crippen LogP contribution is -2.56. The summed E-state index contributed by atoms with van der Waals surface area (Å²) in [5.74, 6) is 1.78. The fraction of sp³-hybridized carbons (Fsp3) is 0.583. The number of nitrogens with zero attached hydrogens (tertiary/aromatic N) is 10. The first-order valence-corrected chi connectivity index (χ1v) is 12.7. The van der Waals surface area contributed by atoms with Crippen molar-refractivity contribution < 1.29 is 9.59 Å². The van der Waals surface area contributed by atoms with Crippen LogP contribution in [0.25, 0.3) is 0 Å². The molecular weight excluding hydrogens is 460 g/mol. The maximum atomic E-state index is 12.9. The number of hydrogen-bond acceptors (Lipinski definition) is 10. The normalized spacial score (nSPS) is 20.0. The molecule has 2 amide bonds. The van der Waals surface area contributed by atoms with E-state index >= 15 is 0 Å². The average molecular weight is 495 g/mol. The van der Waals surface area contributed by atoms with Gasteiger partial charge in [-0.15, -0.1) is 0 Å². The molecule has 12 heteroatoms. The molecule has 5 rings (SSSR count). The average Bonchev–Trinajstić information content (AvgIpc) is 2.95. The molecular formula is C24H34N10O2. The molecule has 2 aromatic heterocycles. The quantitative estimate of drug-likeness (QED) is 0.490. The van der Waals surface area contributed by atoms with Crippen LogP contribution in [0.15, 0.2) is 36.9 Å². The van der Waals surface area contributed by atoms with E-state index in [0.29, 0.717) is 39.3 Å². The summed E-state index contributed by atoms with van der Waals surface area (Å²) in [7, 11) is 0. The van der Waals surface area contributed by atoms with Gasteiger partial charge in [-0.25, -0.2) is 19.9 Å². The molecule has 0 radical (unpaired) electrons. The van der Waals surface area contributed by atoms with E-state index in [9.17, 15) is 9.59 Å². The standard InChI is InChI=1S/C24H34N10O2/c35-21(19-29-7-11-33(12-8-29)23-25-3-1-4-26-23)31-15-17-32(18-16-31)22(36)20-30-9-13-34(14-10-30)24-27-5-2-6-28-24/h1-6H,7-20H2. The fourth-order valence-electron chi connectivity index (χ4n) is 4.91. The summed E-state index contributed by atoms with van der Waals surface area (Å²) in [6.07, 6.45) is 7.02. The van der Waals surface area contributed by atoms with Gasteiger partial charge in [0.05, 0.1) is 13.1 Å². The molecule has 0 N–H and O–H groups in total. The van der Waals surface area contributed by atoms with Gasteiger partial charge in [-0.3, -0.25) is 19.4 Å². The summed E-state index contributed by atoms with van der Waals surface area (Å²) in [5, 5.41) is 0. The van der Waals surface area contributed by atoms with E-state index in [2.05, 4.69) is 39.5 Å². The Morgan fingerprint density at radius 2 is 0.861 bits per heavy atom. The lowest BCUT2D eigenvalue weighted by Gasteiger charge is -2.39. The van der Waals surface area contributed by atoms with Gasteiger partial charge in [0.15, 0.2) is 0 Å². The van der Waals surface area contributed by atoms with E-state index in [4.69, 9.17) is 0 Å². The van der Waals surface area contributed by atoms with Crippen molar-refractivity contribution in [2.24, 2.45) is 0 Å². The van der Waals surface area contributed by atoms with Crippen LogP contribution in [0.1, 0.15) is 0 Å². The van der Waals surface area contributed by atoms with Gasteiger partial charge in [0.2, 0.25) is 23.7 Å². The van der Waals surface area contributed by atoms with E-state index in [1.54, 1.807) is 24.8 Å². The number of rotatable bonds is 6. The predicted molar refractivity (Wildman–Crippen MR) is 135 cm³/mol. The number of carbonyl (C=O) groups excluding carboxylic acids is 2. The largest absolute Gasteiger partial charge is 0.338 e. The van der Waals surface area contributed by atoms with Gasteiger partial charge >= 0.3 is 0 Å². The molecule has 3 fully saturated rings. The molecule has 0 aliphatic carbocycles. The van der Waals surface area contributed by atoms with E-state index in [0.717, 1.165) is 64.3 Å². The molecule has 0 spiro atoms. The highest BCUT2D eigenvalue weighted by Crippen LogP contribution is 2.12. The fourth-order valence-corrected chi connectivity index (χ4v) is 4.91. The second kappa shape index (κ2) is 11.6. The molecule has 36 heavy (non-hydrogen) atoms. The zero-order valence-electron chi connectivity index (χ0n) is 20.7.